The number of thiophene rings is 1. The van der Waals surface area contributed by atoms with Gasteiger partial charge in [-0.2, -0.15) is 0 Å². The van der Waals surface area contributed by atoms with Crippen LogP contribution in [-0.4, -0.2) is 59.3 Å². The van der Waals surface area contributed by atoms with E-state index in [-0.39, 0.29) is 6.61 Å². The molecule has 136 valence electrons. The molecule has 0 atom stereocenters. The maximum atomic E-state index is 9.16. The van der Waals surface area contributed by atoms with E-state index in [4.69, 9.17) is 15.1 Å². The third kappa shape index (κ3) is 3.45. The Labute approximate surface area is 157 Å². The van der Waals surface area contributed by atoms with Gasteiger partial charge in [0.25, 0.3) is 0 Å². The molecule has 6 heteroatoms. The van der Waals surface area contributed by atoms with Crippen molar-refractivity contribution in [3.05, 3.63) is 41.3 Å². The van der Waals surface area contributed by atoms with E-state index in [0.717, 1.165) is 61.2 Å². The second-order valence-corrected chi connectivity index (χ2v) is 7.69. The van der Waals surface area contributed by atoms with Gasteiger partial charge in [-0.1, -0.05) is 37.3 Å². The number of aliphatic hydroxyl groups is 1. The Bertz CT molecular complexity index is 872. The molecular formula is C20H24N4OS. The van der Waals surface area contributed by atoms with Crippen LogP contribution in [0.4, 0.5) is 5.82 Å². The second-order valence-electron chi connectivity index (χ2n) is 6.57. The summed E-state index contributed by atoms with van der Waals surface area (Å²) in [4.78, 5) is 16.9. The van der Waals surface area contributed by atoms with E-state index >= 15 is 0 Å². The smallest absolute Gasteiger partial charge is 0.163 e. The monoisotopic (exact) mass is 368 g/mol. The summed E-state index contributed by atoms with van der Waals surface area (Å²) in [5.74, 6) is 1.85. The Morgan fingerprint density at radius 1 is 1.08 bits per heavy atom. The highest BCUT2D eigenvalue weighted by Gasteiger charge is 2.22. The number of rotatable bonds is 5. The van der Waals surface area contributed by atoms with E-state index in [9.17, 15) is 0 Å². The highest BCUT2D eigenvalue weighted by atomic mass is 32.1. The summed E-state index contributed by atoms with van der Waals surface area (Å²) in [6.07, 6.45) is 1.02. The molecule has 1 aromatic carbocycles. The fourth-order valence-corrected chi connectivity index (χ4v) is 4.37. The number of hydrogen-bond donors (Lipinski definition) is 1. The van der Waals surface area contributed by atoms with Gasteiger partial charge in [-0.25, -0.2) is 9.97 Å². The molecule has 0 unspecified atom stereocenters. The zero-order chi connectivity index (χ0) is 17.9. The van der Waals surface area contributed by atoms with Gasteiger partial charge in [0.15, 0.2) is 5.82 Å². The molecule has 2 aromatic heterocycles. The van der Waals surface area contributed by atoms with Gasteiger partial charge in [0.1, 0.15) is 10.6 Å². The van der Waals surface area contributed by atoms with Crippen LogP contribution in [0.25, 0.3) is 21.6 Å². The lowest BCUT2D eigenvalue weighted by Gasteiger charge is -2.35. The van der Waals surface area contributed by atoms with Crippen LogP contribution in [0.15, 0.2) is 36.4 Å². The molecule has 1 aliphatic heterocycles. The number of hydrogen-bond acceptors (Lipinski definition) is 6. The fourth-order valence-electron chi connectivity index (χ4n) is 3.41. The largest absolute Gasteiger partial charge is 0.395 e. The Hall–Kier alpha value is -2.02. The van der Waals surface area contributed by atoms with Gasteiger partial charge in [0.2, 0.25) is 0 Å². The van der Waals surface area contributed by atoms with Crippen LogP contribution in [0.5, 0.6) is 0 Å². The molecule has 1 fully saturated rings. The molecule has 1 aliphatic rings. The maximum Gasteiger partial charge on any atom is 0.163 e. The van der Waals surface area contributed by atoms with Gasteiger partial charge in [-0.15, -0.1) is 11.3 Å². The predicted molar refractivity (Wildman–Crippen MR) is 108 cm³/mol. The minimum atomic E-state index is 0.223. The van der Waals surface area contributed by atoms with E-state index in [1.54, 1.807) is 11.3 Å². The summed E-state index contributed by atoms with van der Waals surface area (Å²) in [5, 5.41) is 10.3. The van der Waals surface area contributed by atoms with Gasteiger partial charge in [-0.3, -0.25) is 4.90 Å². The molecule has 0 radical (unpaired) electrons. The quantitative estimate of drug-likeness (QED) is 0.750. The zero-order valence-corrected chi connectivity index (χ0v) is 15.9. The molecule has 4 rings (SSSR count). The van der Waals surface area contributed by atoms with Gasteiger partial charge >= 0.3 is 0 Å². The Balaban J connectivity index is 1.73. The molecular weight excluding hydrogens is 344 g/mol. The number of aromatic nitrogens is 2. The van der Waals surface area contributed by atoms with Crippen LogP contribution < -0.4 is 4.90 Å². The van der Waals surface area contributed by atoms with Crippen molar-refractivity contribution in [1.29, 1.82) is 0 Å². The van der Waals surface area contributed by atoms with Crippen LogP contribution in [-0.2, 0) is 6.42 Å². The minimum Gasteiger partial charge on any atom is -0.395 e. The number of β-amino-alcohol motifs (C(OH)–C–C–N with tert-alkyl or cyclic N) is 1. The van der Waals surface area contributed by atoms with Crippen molar-refractivity contribution in [3.8, 4) is 11.4 Å². The van der Waals surface area contributed by atoms with Crippen LogP contribution in [0.3, 0.4) is 0 Å². The van der Waals surface area contributed by atoms with E-state index < -0.39 is 0 Å². The lowest BCUT2D eigenvalue weighted by atomic mass is 10.2. The molecule has 0 spiro atoms. The van der Waals surface area contributed by atoms with Crippen LogP contribution in [0.1, 0.15) is 11.8 Å². The van der Waals surface area contributed by atoms with Crippen molar-refractivity contribution >= 4 is 27.4 Å². The first-order valence-electron chi connectivity index (χ1n) is 9.22. The number of aliphatic hydroxyl groups excluding tert-OH is 1. The summed E-state index contributed by atoms with van der Waals surface area (Å²) < 4.78 is 0. The molecule has 0 saturated carbocycles. The molecule has 1 saturated heterocycles. The molecule has 0 aliphatic carbocycles. The van der Waals surface area contributed by atoms with Gasteiger partial charge in [0.05, 0.1) is 12.0 Å². The number of benzene rings is 1. The standard InChI is InChI=1S/C20H24N4OS/c1-2-16-14-17-19(24-10-8-23(9-11-24)12-13-25)21-18(22-20(17)26-16)15-6-4-3-5-7-15/h3-7,14,25H,2,8-13H2,1H3. The lowest BCUT2D eigenvalue weighted by Crippen LogP contribution is -2.47. The SMILES string of the molecule is CCc1cc2c(N3CCN(CCO)CC3)nc(-c3ccccc3)nc2s1. The third-order valence-corrected chi connectivity index (χ3v) is 6.07. The van der Waals surface area contributed by atoms with E-state index in [0.29, 0.717) is 0 Å². The van der Waals surface area contributed by atoms with Crippen molar-refractivity contribution in [2.24, 2.45) is 0 Å². The summed E-state index contributed by atoms with van der Waals surface area (Å²) >= 11 is 1.77. The molecule has 3 aromatic rings. The van der Waals surface area contributed by atoms with Crippen LogP contribution in [0.2, 0.25) is 0 Å². The Morgan fingerprint density at radius 2 is 1.85 bits per heavy atom. The highest BCUT2D eigenvalue weighted by molar-refractivity contribution is 7.18. The normalized spacial score (nSPS) is 15.7. The lowest BCUT2D eigenvalue weighted by molar-refractivity contribution is 0.188. The van der Waals surface area contributed by atoms with E-state index in [1.165, 1.54) is 10.3 Å². The average molecular weight is 369 g/mol. The van der Waals surface area contributed by atoms with Crippen LogP contribution in [0, 0.1) is 0 Å². The number of piperazine rings is 1. The highest BCUT2D eigenvalue weighted by Crippen LogP contribution is 2.33. The number of anilines is 1. The molecule has 3 heterocycles. The Kier molecular flexibility index (Phi) is 5.15. The first-order valence-corrected chi connectivity index (χ1v) is 10.0. The topological polar surface area (TPSA) is 52.5 Å². The van der Waals surface area contributed by atoms with Gasteiger partial charge in [-0.05, 0) is 12.5 Å². The summed E-state index contributed by atoms with van der Waals surface area (Å²) in [6, 6.07) is 12.5. The van der Waals surface area contributed by atoms with E-state index in [1.807, 2.05) is 18.2 Å². The summed E-state index contributed by atoms with van der Waals surface area (Å²) in [7, 11) is 0. The Morgan fingerprint density at radius 3 is 2.54 bits per heavy atom. The van der Waals surface area contributed by atoms with Crippen molar-refractivity contribution in [2.45, 2.75) is 13.3 Å². The van der Waals surface area contributed by atoms with E-state index in [2.05, 4.69) is 34.9 Å². The summed E-state index contributed by atoms with van der Waals surface area (Å²) in [6.45, 7) is 6.93. The molecule has 0 bridgehead atoms. The molecule has 26 heavy (non-hydrogen) atoms. The van der Waals surface area contributed by atoms with Gasteiger partial charge in [0, 0.05) is 43.2 Å². The van der Waals surface area contributed by atoms with Gasteiger partial charge < -0.3 is 10.0 Å². The summed E-state index contributed by atoms with van der Waals surface area (Å²) in [5.41, 5.74) is 1.06. The molecule has 1 N–H and O–H groups in total. The first kappa shape index (κ1) is 17.4. The molecule has 0 amide bonds. The fraction of sp³-hybridized carbons (Fsp3) is 0.400. The number of fused-ring (bicyclic) bond motifs is 1. The predicted octanol–water partition coefficient (Wildman–Crippen LogP) is 3.04. The second kappa shape index (κ2) is 7.70. The number of aryl methyl sites for hydroxylation is 1. The van der Waals surface area contributed by atoms with Crippen molar-refractivity contribution in [3.63, 3.8) is 0 Å². The minimum absolute atomic E-state index is 0.223. The maximum absolute atomic E-state index is 9.16. The first-order chi connectivity index (χ1) is 12.8. The van der Waals surface area contributed by atoms with Crippen molar-refractivity contribution in [2.75, 3.05) is 44.2 Å². The van der Waals surface area contributed by atoms with Crippen molar-refractivity contribution in [1.82, 2.24) is 14.9 Å². The average Bonchev–Trinajstić information content (AvgIpc) is 3.12. The van der Waals surface area contributed by atoms with Crippen molar-refractivity contribution < 1.29 is 5.11 Å². The zero-order valence-electron chi connectivity index (χ0n) is 15.1. The number of nitrogens with zero attached hydrogens (tertiary/aromatic N) is 4. The third-order valence-electron chi connectivity index (χ3n) is 4.89. The van der Waals surface area contributed by atoms with Crippen LogP contribution >= 0.6 is 11.3 Å². The molecule has 5 nitrogen and oxygen atoms in total.